The minimum absolute atomic E-state index is 0.124. The molecule has 112 valence electrons. The van der Waals surface area contributed by atoms with E-state index in [0.29, 0.717) is 5.56 Å². The molecule has 1 fully saturated rings. The number of nitrogens with one attached hydrogen (secondary N) is 1. The van der Waals surface area contributed by atoms with E-state index in [9.17, 15) is 18.8 Å². The molecule has 6 heteroatoms. The van der Waals surface area contributed by atoms with Gasteiger partial charge in [-0.05, 0) is 37.5 Å². The van der Waals surface area contributed by atoms with Crippen LogP contribution >= 0.6 is 0 Å². The molecule has 1 N–H and O–H groups in total. The molecule has 1 aromatic carbocycles. The third kappa shape index (κ3) is 2.20. The highest BCUT2D eigenvalue weighted by Crippen LogP contribution is 2.34. The van der Waals surface area contributed by atoms with Crippen LogP contribution in [0.4, 0.5) is 14.9 Å². The van der Waals surface area contributed by atoms with Gasteiger partial charge in [-0.2, -0.15) is 0 Å². The second-order valence-electron chi connectivity index (χ2n) is 5.12. The summed E-state index contributed by atoms with van der Waals surface area (Å²) in [5, 5.41) is 2.19. The van der Waals surface area contributed by atoms with Crippen LogP contribution in [-0.4, -0.2) is 17.8 Å². The minimum Gasteiger partial charge on any atom is -0.276 e. The lowest BCUT2D eigenvalue weighted by atomic mass is 9.78. The molecule has 1 heterocycles. The third-order valence-electron chi connectivity index (χ3n) is 4.09. The number of imide groups is 2. The second-order valence-corrected chi connectivity index (χ2v) is 5.12. The number of barbiturate groups is 1. The van der Waals surface area contributed by atoms with E-state index in [1.54, 1.807) is 20.8 Å². The molecular weight excluding hydrogens is 275 g/mol. The molecule has 1 aliphatic heterocycles. The zero-order chi connectivity index (χ0) is 15.8. The molecule has 21 heavy (non-hydrogen) atoms. The summed E-state index contributed by atoms with van der Waals surface area (Å²) in [5.41, 5.74) is -0.744. The number of urea groups is 1. The van der Waals surface area contributed by atoms with Gasteiger partial charge in [0, 0.05) is 0 Å². The number of hydrogen-bond donors (Lipinski definition) is 1. The summed E-state index contributed by atoms with van der Waals surface area (Å²) < 4.78 is 13.7. The van der Waals surface area contributed by atoms with Gasteiger partial charge < -0.3 is 0 Å². The van der Waals surface area contributed by atoms with Crippen molar-refractivity contribution in [3.05, 3.63) is 29.6 Å². The maximum atomic E-state index is 13.7. The lowest BCUT2D eigenvalue weighted by Gasteiger charge is -2.38. The van der Waals surface area contributed by atoms with Crippen molar-refractivity contribution >= 4 is 23.5 Å². The molecule has 4 amide bonds. The van der Waals surface area contributed by atoms with Gasteiger partial charge in [0.15, 0.2) is 0 Å². The standard InChI is InChI=1S/C15H17FN2O3/c1-4-15(5-2)12(19)17-14(21)18(13(15)20)10-7-6-9(3)11(16)8-10/h6-8H,4-5H2,1-3H3,(H,17,19,21). The smallest absolute Gasteiger partial charge is 0.276 e. The summed E-state index contributed by atoms with van der Waals surface area (Å²) in [4.78, 5) is 37.5. The van der Waals surface area contributed by atoms with Crippen molar-refractivity contribution in [1.82, 2.24) is 5.32 Å². The zero-order valence-electron chi connectivity index (χ0n) is 12.2. The number of nitrogens with zero attached hydrogens (tertiary/aromatic N) is 1. The van der Waals surface area contributed by atoms with Crippen LogP contribution in [-0.2, 0) is 9.59 Å². The van der Waals surface area contributed by atoms with Crippen molar-refractivity contribution in [3.8, 4) is 0 Å². The number of carbonyl (C=O) groups excluding carboxylic acids is 3. The Kier molecular flexibility index (Phi) is 3.80. The number of hydrogen-bond acceptors (Lipinski definition) is 3. The Morgan fingerprint density at radius 2 is 1.81 bits per heavy atom. The maximum absolute atomic E-state index is 13.7. The molecule has 0 unspecified atom stereocenters. The highest BCUT2D eigenvalue weighted by molar-refractivity contribution is 6.29. The molecule has 1 aromatic rings. The third-order valence-corrected chi connectivity index (χ3v) is 4.09. The van der Waals surface area contributed by atoms with Crippen LogP contribution in [0, 0.1) is 18.2 Å². The van der Waals surface area contributed by atoms with E-state index < -0.39 is 29.1 Å². The Hall–Kier alpha value is -2.24. The molecule has 5 nitrogen and oxygen atoms in total. The normalized spacial score (nSPS) is 17.9. The fourth-order valence-electron chi connectivity index (χ4n) is 2.50. The van der Waals surface area contributed by atoms with Gasteiger partial charge in [-0.1, -0.05) is 19.9 Å². The van der Waals surface area contributed by atoms with Crippen LogP contribution < -0.4 is 10.2 Å². The number of anilines is 1. The van der Waals surface area contributed by atoms with Crippen molar-refractivity contribution in [2.24, 2.45) is 5.41 Å². The summed E-state index contributed by atoms with van der Waals surface area (Å²) in [6.45, 7) is 5.01. The maximum Gasteiger partial charge on any atom is 0.335 e. The van der Waals surface area contributed by atoms with Gasteiger partial charge in [-0.3, -0.25) is 14.9 Å². The first-order valence-electron chi connectivity index (χ1n) is 6.83. The average molecular weight is 292 g/mol. The van der Waals surface area contributed by atoms with E-state index in [-0.39, 0.29) is 18.5 Å². The Labute approximate surface area is 122 Å². The summed E-state index contributed by atoms with van der Waals surface area (Å²) in [6.07, 6.45) is 0.540. The number of benzene rings is 1. The zero-order valence-corrected chi connectivity index (χ0v) is 12.2. The Balaban J connectivity index is 2.51. The predicted molar refractivity (Wildman–Crippen MR) is 75.2 cm³/mol. The SMILES string of the molecule is CCC1(CC)C(=O)NC(=O)N(c2ccc(C)c(F)c2)C1=O. The van der Waals surface area contributed by atoms with E-state index in [1.807, 2.05) is 0 Å². The summed E-state index contributed by atoms with van der Waals surface area (Å²) in [5.74, 6) is -1.71. The largest absolute Gasteiger partial charge is 0.335 e. The van der Waals surface area contributed by atoms with Gasteiger partial charge in [0.25, 0.3) is 5.91 Å². The lowest BCUT2D eigenvalue weighted by molar-refractivity contribution is -0.143. The highest BCUT2D eigenvalue weighted by atomic mass is 19.1. The van der Waals surface area contributed by atoms with E-state index in [1.165, 1.54) is 12.1 Å². The molecule has 2 rings (SSSR count). The predicted octanol–water partition coefficient (Wildman–Crippen LogP) is 2.52. The number of carbonyl (C=O) groups is 3. The monoisotopic (exact) mass is 292 g/mol. The van der Waals surface area contributed by atoms with E-state index >= 15 is 0 Å². The fourth-order valence-corrected chi connectivity index (χ4v) is 2.50. The summed E-state index contributed by atoms with van der Waals surface area (Å²) in [7, 11) is 0. The number of halogens is 1. The Morgan fingerprint density at radius 1 is 1.19 bits per heavy atom. The van der Waals surface area contributed by atoms with E-state index in [0.717, 1.165) is 11.0 Å². The van der Waals surface area contributed by atoms with E-state index in [2.05, 4.69) is 5.32 Å². The molecule has 1 saturated heterocycles. The second kappa shape index (κ2) is 5.27. The minimum atomic E-state index is -1.28. The molecule has 1 aliphatic rings. The van der Waals surface area contributed by atoms with Crippen molar-refractivity contribution in [3.63, 3.8) is 0 Å². The Morgan fingerprint density at radius 3 is 2.33 bits per heavy atom. The van der Waals surface area contributed by atoms with Crippen LogP contribution in [0.1, 0.15) is 32.3 Å². The van der Waals surface area contributed by atoms with Crippen LogP contribution in [0.5, 0.6) is 0 Å². The van der Waals surface area contributed by atoms with Crippen molar-refractivity contribution in [2.75, 3.05) is 4.90 Å². The van der Waals surface area contributed by atoms with Crippen LogP contribution in [0.2, 0.25) is 0 Å². The number of rotatable bonds is 3. The lowest BCUT2D eigenvalue weighted by Crippen LogP contribution is -2.64. The summed E-state index contributed by atoms with van der Waals surface area (Å²) >= 11 is 0. The molecule has 0 atom stereocenters. The van der Waals surface area contributed by atoms with Gasteiger partial charge in [-0.15, -0.1) is 0 Å². The van der Waals surface area contributed by atoms with Gasteiger partial charge >= 0.3 is 6.03 Å². The molecule has 0 aromatic heterocycles. The van der Waals surface area contributed by atoms with Crippen LogP contribution in [0.25, 0.3) is 0 Å². The van der Waals surface area contributed by atoms with Crippen LogP contribution in [0.15, 0.2) is 18.2 Å². The Bertz CT molecular complexity index is 623. The van der Waals surface area contributed by atoms with Gasteiger partial charge in [0.2, 0.25) is 5.91 Å². The van der Waals surface area contributed by atoms with Crippen molar-refractivity contribution in [2.45, 2.75) is 33.6 Å². The average Bonchev–Trinajstić information content (AvgIpc) is 2.44. The van der Waals surface area contributed by atoms with Gasteiger partial charge in [-0.25, -0.2) is 14.1 Å². The molecule has 0 spiro atoms. The highest BCUT2D eigenvalue weighted by Gasteiger charge is 2.51. The fraction of sp³-hybridized carbons (Fsp3) is 0.400. The van der Waals surface area contributed by atoms with Crippen molar-refractivity contribution in [1.29, 1.82) is 0 Å². The molecule has 0 bridgehead atoms. The molecular formula is C15H17FN2O3. The molecule has 0 aliphatic carbocycles. The first-order chi connectivity index (χ1) is 9.87. The summed E-state index contributed by atoms with van der Waals surface area (Å²) in [6, 6.07) is 3.26. The first-order valence-corrected chi connectivity index (χ1v) is 6.83. The van der Waals surface area contributed by atoms with Gasteiger partial charge in [0.1, 0.15) is 11.2 Å². The quantitative estimate of drug-likeness (QED) is 0.870. The topological polar surface area (TPSA) is 66.5 Å². The van der Waals surface area contributed by atoms with Gasteiger partial charge in [0.05, 0.1) is 5.69 Å². The molecule has 0 saturated carbocycles. The van der Waals surface area contributed by atoms with E-state index in [4.69, 9.17) is 0 Å². The number of aryl methyl sites for hydroxylation is 1. The molecule has 0 radical (unpaired) electrons. The number of amides is 4. The van der Waals surface area contributed by atoms with Crippen molar-refractivity contribution < 1.29 is 18.8 Å². The first kappa shape index (κ1) is 15.2. The van der Waals surface area contributed by atoms with Crippen LogP contribution in [0.3, 0.4) is 0 Å².